The summed E-state index contributed by atoms with van der Waals surface area (Å²) in [5, 5.41) is 3.17. The monoisotopic (exact) mass is 226 g/mol. The molecule has 3 nitrogen and oxygen atoms in total. The molecule has 3 unspecified atom stereocenters. The van der Waals surface area contributed by atoms with Crippen LogP contribution in [0.1, 0.15) is 47.0 Å². The summed E-state index contributed by atoms with van der Waals surface area (Å²) >= 11 is 0. The van der Waals surface area contributed by atoms with Crippen LogP contribution >= 0.6 is 0 Å². The smallest absolute Gasteiger partial charge is 0.223 e. The summed E-state index contributed by atoms with van der Waals surface area (Å²) in [5.41, 5.74) is 5.74. The molecule has 1 aliphatic carbocycles. The van der Waals surface area contributed by atoms with Crippen molar-refractivity contribution in [2.45, 2.75) is 53.0 Å². The number of nitrogens with two attached hydrogens (primary N) is 1. The van der Waals surface area contributed by atoms with Gasteiger partial charge in [-0.2, -0.15) is 0 Å². The highest BCUT2D eigenvalue weighted by atomic mass is 16.2. The van der Waals surface area contributed by atoms with E-state index in [9.17, 15) is 4.79 Å². The first-order valence-corrected chi connectivity index (χ1v) is 6.36. The normalized spacial score (nSPS) is 27.8. The van der Waals surface area contributed by atoms with Gasteiger partial charge in [0.1, 0.15) is 0 Å². The Labute approximate surface area is 99.2 Å². The fourth-order valence-corrected chi connectivity index (χ4v) is 2.21. The van der Waals surface area contributed by atoms with Gasteiger partial charge in [0.2, 0.25) is 5.91 Å². The van der Waals surface area contributed by atoms with E-state index in [4.69, 9.17) is 5.73 Å². The lowest BCUT2D eigenvalue weighted by atomic mass is 9.81. The predicted molar refractivity (Wildman–Crippen MR) is 66.9 cm³/mol. The van der Waals surface area contributed by atoms with Crippen molar-refractivity contribution in [3.63, 3.8) is 0 Å². The van der Waals surface area contributed by atoms with E-state index in [2.05, 4.69) is 26.1 Å². The Morgan fingerprint density at radius 3 is 2.56 bits per heavy atom. The lowest BCUT2D eigenvalue weighted by Gasteiger charge is -2.29. The van der Waals surface area contributed by atoms with Crippen molar-refractivity contribution in [2.75, 3.05) is 6.54 Å². The summed E-state index contributed by atoms with van der Waals surface area (Å²) in [6.07, 6.45) is 3.44. The molecule has 1 aliphatic rings. The number of carbonyl (C=O) groups is 1. The van der Waals surface area contributed by atoms with Crippen LogP contribution < -0.4 is 11.1 Å². The number of amides is 1. The average molecular weight is 226 g/mol. The Bertz CT molecular complexity index is 245. The van der Waals surface area contributed by atoms with Crippen molar-refractivity contribution in [2.24, 2.45) is 23.0 Å². The summed E-state index contributed by atoms with van der Waals surface area (Å²) in [5.74, 6) is 0.709. The van der Waals surface area contributed by atoms with Crippen molar-refractivity contribution in [3.8, 4) is 0 Å². The average Bonchev–Trinajstić information content (AvgIpc) is 2.62. The van der Waals surface area contributed by atoms with E-state index < -0.39 is 0 Å². The van der Waals surface area contributed by atoms with Crippen LogP contribution in [0.3, 0.4) is 0 Å². The van der Waals surface area contributed by atoms with Gasteiger partial charge in [0.25, 0.3) is 0 Å². The van der Waals surface area contributed by atoms with Crippen molar-refractivity contribution in [1.29, 1.82) is 0 Å². The minimum Gasteiger partial charge on any atom is -0.353 e. The summed E-state index contributed by atoms with van der Waals surface area (Å²) in [6, 6.07) is 0.308. The Balaban J connectivity index is 2.51. The lowest BCUT2D eigenvalue weighted by molar-refractivity contribution is -0.128. The largest absolute Gasteiger partial charge is 0.353 e. The number of carbonyl (C=O) groups excluding carboxylic acids is 1. The molecule has 0 aromatic rings. The molecule has 3 heteroatoms. The lowest BCUT2D eigenvalue weighted by Crippen LogP contribution is -2.44. The van der Waals surface area contributed by atoms with Gasteiger partial charge >= 0.3 is 0 Å². The molecular weight excluding hydrogens is 200 g/mol. The number of nitrogens with one attached hydrogen (secondary N) is 1. The third-order valence-corrected chi connectivity index (χ3v) is 3.98. The van der Waals surface area contributed by atoms with Crippen molar-refractivity contribution in [1.82, 2.24) is 5.32 Å². The van der Waals surface area contributed by atoms with E-state index in [0.717, 1.165) is 12.8 Å². The van der Waals surface area contributed by atoms with Gasteiger partial charge in [-0.15, -0.1) is 0 Å². The van der Waals surface area contributed by atoms with Gasteiger partial charge in [-0.1, -0.05) is 34.1 Å². The molecule has 1 rings (SSSR count). The molecule has 1 amide bonds. The summed E-state index contributed by atoms with van der Waals surface area (Å²) in [4.78, 5) is 12.1. The maximum absolute atomic E-state index is 12.1. The molecule has 0 spiro atoms. The zero-order chi connectivity index (χ0) is 12.3. The topological polar surface area (TPSA) is 55.1 Å². The maximum atomic E-state index is 12.1. The molecule has 3 N–H and O–H groups in total. The SMILES string of the molecule is CC(C(=O)NC1CCCC1CN)C(C)(C)C. The fourth-order valence-electron chi connectivity index (χ4n) is 2.21. The van der Waals surface area contributed by atoms with Gasteiger partial charge in [0, 0.05) is 12.0 Å². The van der Waals surface area contributed by atoms with Crippen molar-refractivity contribution < 1.29 is 4.79 Å². The second kappa shape index (κ2) is 5.17. The maximum Gasteiger partial charge on any atom is 0.223 e. The first kappa shape index (κ1) is 13.5. The standard InChI is InChI=1S/C13H26N2O/c1-9(13(2,3)4)12(16)15-11-7-5-6-10(11)8-14/h9-11H,5-8,14H2,1-4H3,(H,15,16). The van der Waals surface area contributed by atoms with E-state index in [0.29, 0.717) is 18.5 Å². The van der Waals surface area contributed by atoms with Crippen LogP contribution in [0, 0.1) is 17.3 Å². The van der Waals surface area contributed by atoms with Crippen LogP contribution in [0.25, 0.3) is 0 Å². The molecule has 1 saturated carbocycles. The first-order valence-electron chi connectivity index (χ1n) is 6.36. The van der Waals surface area contributed by atoms with Gasteiger partial charge in [-0.05, 0) is 30.7 Å². The molecule has 0 saturated heterocycles. The van der Waals surface area contributed by atoms with Crippen LogP contribution in [0.15, 0.2) is 0 Å². The van der Waals surface area contributed by atoms with Crippen LogP contribution in [-0.4, -0.2) is 18.5 Å². The molecule has 1 fully saturated rings. The summed E-state index contributed by atoms with van der Waals surface area (Å²) in [6.45, 7) is 9.00. The van der Waals surface area contributed by atoms with E-state index in [1.54, 1.807) is 0 Å². The second-order valence-electron chi connectivity index (χ2n) is 6.13. The molecule has 0 aromatic heterocycles. The van der Waals surface area contributed by atoms with Gasteiger partial charge in [0.05, 0.1) is 0 Å². The zero-order valence-corrected chi connectivity index (χ0v) is 11.0. The second-order valence-corrected chi connectivity index (χ2v) is 6.13. The van der Waals surface area contributed by atoms with E-state index in [1.165, 1.54) is 6.42 Å². The molecule has 0 aliphatic heterocycles. The van der Waals surface area contributed by atoms with Gasteiger partial charge in [0.15, 0.2) is 0 Å². The highest BCUT2D eigenvalue weighted by molar-refractivity contribution is 5.79. The molecule has 0 radical (unpaired) electrons. The van der Waals surface area contributed by atoms with Crippen LogP contribution in [0.4, 0.5) is 0 Å². The van der Waals surface area contributed by atoms with Crippen LogP contribution in [0.2, 0.25) is 0 Å². The van der Waals surface area contributed by atoms with Crippen molar-refractivity contribution in [3.05, 3.63) is 0 Å². The molecule has 3 atom stereocenters. The van der Waals surface area contributed by atoms with Crippen LogP contribution in [-0.2, 0) is 4.79 Å². The Morgan fingerprint density at radius 2 is 2.06 bits per heavy atom. The first-order chi connectivity index (χ1) is 7.36. The third-order valence-electron chi connectivity index (χ3n) is 3.98. The van der Waals surface area contributed by atoms with Crippen LogP contribution in [0.5, 0.6) is 0 Å². The van der Waals surface area contributed by atoms with E-state index in [1.807, 2.05) is 6.92 Å². The molecule has 0 aromatic carbocycles. The van der Waals surface area contributed by atoms with E-state index >= 15 is 0 Å². The molecule has 16 heavy (non-hydrogen) atoms. The Hall–Kier alpha value is -0.570. The number of hydrogen-bond donors (Lipinski definition) is 2. The van der Waals surface area contributed by atoms with E-state index in [-0.39, 0.29) is 17.2 Å². The van der Waals surface area contributed by atoms with Gasteiger partial charge in [-0.3, -0.25) is 4.79 Å². The van der Waals surface area contributed by atoms with Gasteiger partial charge < -0.3 is 11.1 Å². The quantitative estimate of drug-likeness (QED) is 0.772. The van der Waals surface area contributed by atoms with Crippen molar-refractivity contribution >= 4 is 5.91 Å². The highest BCUT2D eigenvalue weighted by Gasteiger charge is 2.32. The molecule has 0 heterocycles. The Kier molecular flexibility index (Phi) is 4.36. The summed E-state index contributed by atoms with van der Waals surface area (Å²) in [7, 11) is 0. The molecule has 0 bridgehead atoms. The summed E-state index contributed by atoms with van der Waals surface area (Å²) < 4.78 is 0. The number of hydrogen-bond acceptors (Lipinski definition) is 2. The fraction of sp³-hybridized carbons (Fsp3) is 0.923. The highest BCUT2D eigenvalue weighted by Crippen LogP contribution is 2.28. The number of rotatable bonds is 3. The zero-order valence-electron chi connectivity index (χ0n) is 11.0. The Morgan fingerprint density at radius 1 is 1.44 bits per heavy atom. The third kappa shape index (κ3) is 3.21. The minimum absolute atomic E-state index is 0.0287. The minimum atomic E-state index is 0.0287. The molecule has 94 valence electrons. The predicted octanol–water partition coefficient (Wildman–Crippen LogP) is 1.91. The van der Waals surface area contributed by atoms with Gasteiger partial charge in [-0.25, -0.2) is 0 Å². The molecular formula is C13H26N2O.